The van der Waals surface area contributed by atoms with E-state index in [4.69, 9.17) is 44.1 Å². The molecule has 0 bridgehead atoms. The van der Waals surface area contributed by atoms with Gasteiger partial charge in [-0.2, -0.15) is 0 Å². The molecule has 5 nitrogen and oxygen atoms in total. The predicted octanol–water partition coefficient (Wildman–Crippen LogP) is 7.19. The monoisotopic (exact) mass is 506 g/mol. The lowest BCUT2D eigenvalue weighted by Crippen LogP contribution is -2.33. The summed E-state index contributed by atoms with van der Waals surface area (Å²) in [7, 11) is 1.55. The first kappa shape index (κ1) is 24.1. The van der Waals surface area contributed by atoms with Crippen molar-refractivity contribution in [2.45, 2.75) is 32.2 Å². The van der Waals surface area contributed by atoms with Crippen molar-refractivity contribution < 1.29 is 14.1 Å². The van der Waals surface area contributed by atoms with E-state index < -0.39 is 0 Å². The summed E-state index contributed by atoms with van der Waals surface area (Å²) in [6.07, 6.45) is 3.51. The topological polar surface area (TPSA) is 55.6 Å². The minimum Gasteiger partial charge on any atom is -0.495 e. The van der Waals surface area contributed by atoms with Gasteiger partial charge in [-0.25, -0.2) is 0 Å². The number of nitrogens with zero attached hydrogens (tertiary/aromatic N) is 2. The van der Waals surface area contributed by atoms with Gasteiger partial charge in [0.2, 0.25) is 0 Å². The Hall–Kier alpha value is -2.05. The van der Waals surface area contributed by atoms with E-state index in [9.17, 15) is 4.79 Å². The number of hydrogen-bond donors (Lipinski definition) is 0. The van der Waals surface area contributed by atoms with E-state index in [0.717, 1.165) is 38.1 Å². The molecule has 1 saturated heterocycles. The molecule has 4 rings (SSSR count). The Balaban J connectivity index is 1.26. The maximum atomic E-state index is 12.6. The molecule has 0 atom stereocenters. The number of carbonyl (C=O) groups excluding carboxylic acids is 1. The Bertz CT molecular complexity index is 1100. The number of piperidine rings is 1. The van der Waals surface area contributed by atoms with Crippen molar-refractivity contribution in [1.29, 1.82) is 0 Å². The summed E-state index contributed by atoms with van der Waals surface area (Å²) in [6, 6.07) is 12.5. The van der Waals surface area contributed by atoms with Crippen LogP contribution in [0.5, 0.6) is 5.75 Å². The molecule has 0 amide bonds. The van der Waals surface area contributed by atoms with Gasteiger partial charge in [-0.05, 0) is 68.6 Å². The number of ketones is 1. The number of benzene rings is 2. The Morgan fingerprint density at radius 1 is 1.09 bits per heavy atom. The first-order valence-corrected chi connectivity index (χ1v) is 12.1. The molecule has 2 aromatic carbocycles. The summed E-state index contributed by atoms with van der Waals surface area (Å²) in [5.41, 5.74) is 1.98. The third-order valence-electron chi connectivity index (χ3n) is 6.12. The fourth-order valence-corrected chi connectivity index (χ4v) is 5.00. The van der Waals surface area contributed by atoms with E-state index in [-0.39, 0.29) is 5.78 Å². The van der Waals surface area contributed by atoms with Crippen LogP contribution in [0.3, 0.4) is 0 Å². The first-order chi connectivity index (χ1) is 15.9. The molecule has 1 fully saturated rings. The fraction of sp³-hybridized carbons (Fsp3) is 0.360. The average Bonchev–Trinajstić information content (AvgIpc) is 3.26. The van der Waals surface area contributed by atoms with Gasteiger partial charge in [-0.3, -0.25) is 9.69 Å². The number of Topliss-reactive ketones (excluding diaryl/α,β-unsaturated/α-hetero) is 1. The van der Waals surface area contributed by atoms with Crippen LogP contribution in [0.2, 0.25) is 15.1 Å². The van der Waals surface area contributed by atoms with Crippen LogP contribution in [0.1, 0.15) is 41.8 Å². The largest absolute Gasteiger partial charge is 0.495 e. The van der Waals surface area contributed by atoms with Crippen LogP contribution >= 0.6 is 34.8 Å². The van der Waals surface area contributed by atoms with Crippen LogP contribution in [0.25, 0.3) is 11.3 Å². The predicted molar refractivity (Wildman–Crippen MR) is 132 cm³/mol. The highest BCUT2D eigenvalue weighted by molar-refractivity contribution is 6.39. The molecule has 8 heteroatoms. The number of ether oxygens (including phenoxy) is 1. The zero-order chi connectivity index (χ0) is 23.4. The zero-order valence-electron chi connectivity index (χ0n) is 18.3. The van der Waals surface area contributed by atoms with E-state index in [2.05, 4.69) is 10.1 Å². The second-order valence-electron chi connectivity index (χ2n) is 8.31. The third-order valence-corrected chi connectivity index (χ3v) is 7.06. The normalized spacial score (nSPS) is 15.0. The smallest absolute Gasteiger partial charge is 0.163 e. The Morgan fingerprint density at radius 2 is 1.82 bits per heavy atom. The van der Waals surface area contributed by atoms with Gasteiger partial charge in [0.1, 0.15) is 11.4 Å². The standard InChI is InChI=1S/C25H25Cl3N2O3/c1-32-24-13-17(6-7-19(24)26)23(31)8-5-16-9-11-30(12-10-16)15-18-14-22(29-33-18)25-20(27)3-2-4-21(25)28/h2-4,6-7,13-14,16H,5,8-12,15H2,1H3. The fourth-order valence-electron chi connectivity index (χ4n) is 4.21. The highest BCUT2D eigenvalue weighted by atomic mass is 35.5. The Kier molecular flexibility index (Phi) is 7.97. The van der Waals surface area contributed by atoms with E-state index in [1.54, 1.807) is 43.5 Å². The minimum atomic E-state index is 0.125. The van der Waals surface area contributed by atoms with Crippen molar-refractivity contribution in [2.75, 3.05) is 20.2 Å². The van der Waals surface area contributed by atoms with Gasteiger partial charge in [-0.15, -0.1) is 0 Å². The van der Waals surface area contributed by atoms with Crippen LogP contribution in [-0.2, 0) is 6.54 Å². The van der Waals surface area contributed by atoms with Crippen LogP contribution in [0.4, 0.5) is 0 Å². The van der Waals surface area contributed by atoms with Crippen molar-refractivity contribution in [3.63, 3.8) is 0 Å². The lowest BCUT2D eigenvalue weighted by Gasteiger charge is -2.31. The van der Waals surface area contributed by atoms with Gasteiger partial charge in [0.05, 0.1) is 28.7 Å². The zero-order valence-corrected chi connectivity index (χ0v) is 20.6. The maximum absolute atomic E-state index is 12.6. The van der Waals surface area contributed by atoms with Crippen molar-refractivity contribution in [3.05, 3.63) is 68.9 Å². The SMILES string of the molecule is COc1cc(C(=O)CCC2CCN(Cc3cc(-c4c(Cl)cccc4Cl)no3)CC2)ccc1Cl. The van der Waals surface area contributed by atoms with Gasteiger partial charge in [0, 0.05) is 23.6 Å². The summed E-state index contributed by atoms with van der Waals surface area (Å²) in [6.45, 7) is 2.60. The quantitative estimate of drug-likeness (QED) is 0.302. The van der Waals surface area contributed by atoms with Crippen LogP contribution in [0.15, 0.2) is 47.0 Å². The molecule has 0 aliphatic carbocycles. The highest BCUT2D eigenvalue weighted by Gasteiger charge is 2.22. The van der Waals surface area contributed by atoms with Gasteiger partial charge in [0.15, 0.2) is 11.5 Å². The summed E-state index contributed by atoms with van der Waals surface area (Å²) < 4.78 is 10.8. The summed E-state index contributed by atoms with van der Waals surface area (Å²) in [5.74, 6) is 1.97. The Morgan fingerprint density at radius 3 is 2.52 bits per heavy atom. The lowest BCUT2D eigenvalue weighted by molar-refractivity contribution is 0.0959. The molecule has 1 aliphatic rings. The second kappa shape index (κ2) is 10.9. The van der Waals surface area contributed by atoms with E-state index in [1.807, 2.05) is 6.07 Å². The number of halogens is 3. The molecule has 0 radical (unpaired) electrons. The molecule has 0 spiro atoms. The number of aromatic nitrogens is 1. The van der Waals surface area contributed by atoms with E-state index in [1.165, 1.54) is 0 Å². The van der Waals surface area contributed by atoms with Gasteiger partial charge >= 0.3 is 0 Å². The Labute approximate surface area is 208 Å². The van der Waals surface area contributed by atoms with E-state index >= 15 is 0 Å². The molecule has 0 saturated carbocycles. The first-order valence-electron chi connectivity index (χ1n) is 10.9. The summed E-state index contributed by atoms with van der Waals surface area (Å²) in [5, 5.41) is 5.77. The molecule has 174 valence electrons. The molecule has 1 aliphatic heterocycles. The summed E-state index contributed by atoms with van der Waals surface area (Å²) >= 11 is 18.6. The maximum Gasteiger partial charge on any atom is 0.163 e. The minimum absolute atomic E-state index is 0.125. The van der Waals surface area contributed by atoms with Crippen LogP contribution < -0.4 is 4.74 Å². The summed E-state index contributed by atoms with van der Waals surface area (Å²) in [4.78, 5) is 14.9. The molecule has 3 aromatic rings. The molecular weight excluding hydrogens is 483 g/mol. The van der Waals surface area contributed by atoms with Crippen molar-refractivity contribution >= 4 is 40.6 Å². The van der Waals surface area contributed by atoms with Gasteiger partial charge in [-0.1, -0.05) is 46.0 Å². The molecule has 0 unspecified atom stereocenters. The molecule has 1 aromatic heterocycles. The third kappa shape index (κ3) is 5.90. The lowest BCUT2D eigenvalue weighted by atomic mass is 9.90. The number of methoxy groups -OCH3 is 1. The van der Waals surface area contributed by atoms with Crippen molar-refractivity contribution in [2.24, 2.45) is 5.92 Å². The van der Waals surface area contributed by atoms with Gasteiger partial charge in [0.25, 0.3) is 0 Å². The number of hydrogen-bond acceptors (Lipinski definition) is 5. The highest BCUT2D eigenvalue weighted by Crippen LogP contribution is 2.34. The molecule has 33 heavy (non-hydrogen) atoms. The van der Waals surface area contributed by atoms with Crippen LogP contribution in [-0.4, -0.2) is 36.0 Å². The van der Waals surface area contributed by atoms with Gasteiger partial charge < -0.3 is 9.26 Å². The average molecular weight is 508 g/mol. The number of carbonyl (C=O) groups is 1. The van der Waals surface area contributed by atoms with Crippen molar-refractivity contribution in [3.8, 4) is 17.0 Å². The molecule has 0 N–H and O–H groups in total. The molecular formula is C25H25Cl3N2O3. The molecule has 2 heterocycles. The van der Waals surface area contributed by atoms with E-state index in [0.29, 0.717) is 56.5 Å². The second-order valence-corrected chi connectivity index (χ2v) is 9.53. The number of likely N-dealkylation sites (tertiary alicyclic amines) is 1. The number of rotatable bonds is 8. The van der Waals surface area contributed by atoms with Crippen LogP contribution in [0, 0.1) is 5.92 Å². The van der Waals surface area contributed by atoms with Crippen molar-refractivity contribution in [1.82, 2.24) is 10.1 Å².